The molecule has 1 amide bonds. The van der Waals surface area contributed by atoms with E-state index in [9.17, 15) is 4.79 Å². The molecule has 2 rings (SSSR count). The standard InChI is InChI=1S/C16H26N4O2/c1-15(2,3)22-14(21)19-16(4)7-5-9-20(11-16)13-6-8-18-10-12(13)17/h6,8,10H,5,7,9,11,17H2,1-4H3,(H,19,21). The number of nitrogens with one attached hydrogen (secondary N) is 1. The van der Waals surface area contributed by atoms with E-state index in [4.69, 9.17) is 10.5 Å². The summed E-state index contributed by atoms with van der Waals surface area (Å²) in [5.41, 5.74) is 6.80. The van der Waals surface area contributed by atoms with Gasteiger partial charge in [-0.3, -0.25) is 4.98 Å². The van der Waals surface area contributed by atoms with Gasteiger partial charge >= 0.3 is 6.09 Å². The number of ether oxygens (including phenoxy) is 1. The van der Waals surface area contributed by atoms with E-state index in [-0.39, 0.29) is 11.6 Å². The van der Waals surface area contributed by atoms with Crippen LogP contribution in [0.1, 0.15) is 40.5 Å². The fraction of sp³-hybridized carbons (Fsp3) is 0.625. The Morgan fingerprint density at radius 3 is 2.86 bits per heavy atom. The van der Waals surface area contributed by atoms with E-state index >= 15 is 0 Å². The molecule has 1 aliphatic heterocycles. The summed E-state index contributed by atoms with van der Waals surface area (Å²) in [6, 6.07) is 1.91. The van der Waals surface area contributed by atoms with Crippen LogP contribution < -0.4 is 16.0 Å². The minimum Gasteiger partial charge on any atom is -0.444 e. The van der Waals surface area contributed by atoms with Crippen LogP contribution >= 0.6 is 0 Å². The Morgan fingerprint density at radius 1 is 1.50 bits per heavy atom. The van der Waals surface area contributed by atoms with Crippen molar-refractivity contribution in [3.05, 3.63) is 18.5 Å². The van der Waals surface area contributed by atoms with E-state index in [0.717, 1.165) is 25.1 Å². The molecular formula is C16H26N4O2. The van der Waals surface area contributed by atoms with Crippen LogP contribution in [0.3, 0.4) is 0 Å². The fourth-order valence-electron chi connectivity index (χ4n) is 2.78. The van der Waals surface area contributed by atoms with Gasteiger partial charge in [-0.2, -0.15) is 0 Å². The van der Waals surface area contributed by atoms with Gasteiger partial charge in [0.05, 0.1) is 23.1 Å². The number of carbonyl (C=O) groups is 1. The van der Waals surface area contributed by atoms with Gasteiger partial charge < -0.3 is 20.7 Å². The van der Waals surface area contributed by atoms with Crippen LogP contribution in [0, 0.1) is 0 Å². The molecule has 1 fully saturated rings. The smallest absolute Gasteiger partial charge is 0.408 e. The molecule has 6 heteroatoms. The van der Waals surface area contributed by atoms with Gasteiger partial charge in [0.2, 0.25) is 0 Å². The van der Waals surface area contributed by atoms with Crippen LogP contribution in [0.4, 0.5) is 16.2 Å². The maximum Gasteiger partial charge on any atom is 0.408 e. The Morgan fingerprint density at radius 2 is 2.23 bits per heavy atom. The van der Waals surface area contributed by atoms with Gasteiger partial charge in [0.15, 0.2) is 0 Å². The first-order valence-corrected chi connectivity index (χ1v) is 7.64. The third-order valence-electron chi connectivity index (χ3n) is 3.67. The summed E-state index contributed by atoms with van der Waals surface area (Å²) in [6.07, 6.45) is 4.91. The highest BCUT2D eigenvalue weighted by molar-refractivity contribution is 5.70. The van der Waals surface area contributed by atoms with Crippen molar-refractivity contribution in [1.29, 1.82) is 0 Å². The van der Waals surface area contributed by atoms with Crippen LogP contribution in [0.2, 0.25) is 0 Å². The topological polar surface area (TPSA) is 80.5 Å². The molecule has 0 saturated carbocycles. The lowest BCUT2D eigenvalue weighted by atomic mass is 9.91. The largest absolute Gasteiger partial charge is 0.444 e. The molecule has 3 N–H and O–H groups in total. The molecule has 1 aromatic heterocycles. The zero-order valence-corrected chi connectivity index (χ0v) is 13.8. The Labute approximate surface area is 132 Å². The van der Waals surface area contributed by atoms with Gasteiger partial charge in [-0.1, -0.05) is 0 Å². The SMILES string of the molecule is CC1(NC(=O)OC(C)(C)C)CCCN(c2ccncc2N)C1. The number of rotatable bonds is 2. The molecule has 0 aromatic carbocycles. The lowest BCUT2D eigenvalue weighted by Crippen LogP contribution is -2.57. The van der Waals surface area contributed by atoms with Crippen molar-refractivity contribution in [2.75, 3.05) is 23.7 Å². The van der Waals surface area contributed by atoms with E-state index < -0.39 is 5.60 Å². The van der Waals surface area contributed by atoms with E-state index in [1.165, 1.54) is 0 Å². The summed E-state index contributed by atoms with van der Waals surface area (Å²) in [5.74, 6) is 0. The second-order valence-electron chi connectivity index (χ2n) is 7.15. The first-order chi connectivity index (χ1) is 10.2. The molecule has 1 saturated heterocycles. The highest BCUT2D eigenvalue weighted by atomic mass is 16.6. The van der Waals surface area contributed by atoms with Crippen LogP contribution in [-0.4, -0.2) is 35.3 Å². The Bertz CT molecular complexity index is 541. The normalized spacial score (nSPS) is 22.3. The zero-order chi connectivity index (χ0) is 16.4. The molecule has 1 atom stereocenters. The lowest BCUT2D eigenvalue weighted by molar-refractivity contribution is 0.0454. The number of pyridine rings is 1. The van der Waals surface area contributed by atoms with Crippen molar-refractivity contribution < 1.29 is 9.53 Å². The highest BCUT2D eigenvalue weighted by Crippen LogP contribution is 2.29. The molecule has 0 aliphatic carbocycles. The number of alkyl carbamates (subject to hydrolysis) is 1. The molecule has 1 aromatic rings. The third-order valence-corrected chi connectivity index (χ3v) is 3.67. The summed E-state index contributed by atoms with van der Waals surface area (Å²) < 4.78 is 5.37. The second kappa shape index (κ2) is 6.02. The monoisotopic (exact) mass is 306 g/mol. The quantitative estimate of drug-likeness (QED) is 0.877. The van der Waals surface area contributed by atoms with Gasteiger partial charge in [-0.15, -0.1) is 0 Å². The molecule has 1 unspecified atom stereocenters. The summed E-state index contributed by atoms with van der Waals surface area (Å²) >= 11 is 0. The third kappa shape index (κ3) is 4.26. The number of hydrogen-bond acceptors (Lipinski definition) is 5. The Hall–Kier alpha value is -1.98. The summed E-state index contributed by atoms with van der Waals surface area (Å²) in [4.78, 5) is 18.3. The van der Waals surface area contributed by atoms with E-state index in [1.54, 1.807) is 12.4 Å². The molecule has 6 nitrogen and oxygen atoms in total. The highest BCUT2D eigenvalue weighted by Gasteiger charge is 2.34. The number of hydrogen-bond donors (Lipinski definition) is 2. The van der Waals surface area contributed by atoms with Crippen LogP contribution in [0.25, 0.3) is 0 Å². The van der Waals surface area contributed by atoms with Crippen molar-refractivity contribution in [3.63, 3.8) is 0 Å². The molecular weight excluding hydrogens is 280 g/mol. The number of nitrogens with zero attached hydrogens (tertiary/aromatic N) is 2. The average molecular weight is 306 g/mol. The molecule has 22 heavy (non-hydrogen) atoms. The predicted molar refractivity (Wildman–Crippen MR) is 87.9 cm³/mol. The van der Waals surface area contributed by atoms with Crippen molar-refractivity contribution in [2.45, 2.75) is 51.7 Å². The number of amides is 1. The average Bonchev–Trinajstić information content (AvgIpc) is 2.36. The molecule has 2 heterocycles. The van der Waals surface area contributed by atoms with Gasteiger partial charge in [-0.05, 0) is 46.6 Å². The van der Waals surface area contributed by atoms with Crippen molar-refractivity contribution in [3.8, 4) is 0 Å². The summed E-state index contributed by atoms with van der Waals surface area (Å²) in [7, 11) is 0. The number of piperidine rings is 1. The van der Waals surface area contributed by atoms with E-state index in [2.05, 4.69) is 15.2 Å². The zero-order valence-electron chi connectivity index (χ0n) is 13.8. The van der Waals surface area contributed by atoms with Gasteiger partial charge in [0, 0.05) is 19.3 Å². The van der Waals surface area contributed by atoms with Crippen molar-refractivity contribution in [1.82, 2.24) is 10.3 Å². The number of aromatic nitrogens is 1. The van der Waals surface area contributed by atoms with Crippen LogP contribution in [-0.2, 0) is 4.74 Å². The van der Waals surface area contributed by atoms with E-state index in [1.807, 2.05) is 33.8 Å². The fourth-order valence-corrected chi connectivity index (χ4v) is 2.78. The lowest BCUT2D eigenvalue weighted by Gasteiger charge is -2.42. The van der Waals surface area contributed by atoms with Gasteiger partial charge in [-0.25, -0.2) is 4.79 Å². The summed E-state index contributed by atoms with van der Waals surface area (Å²) in [5, 5.41) is 3.01. The van der Waals surface area contributed by atoms with Crippen molar-refractivity contribution >= 4 is 17.5 Å². The molecule has 1 aliphatic rings. The molecule has 122 valence electrons. The minimum absolute atomic E-state index is 0.337. The maximum absolute atomic E-state index is 12.1. The van der Waals surface area contributed by atoms with E-state index in [0.29, 0.717) is 12.2 Å². The van der Waals surface area contributed by atoms with Gasteiger partial charge in [0.25, 0.3) is 0 Å². The Kier molecular flexibility index (Phi) is 4.49. The first kappa shape index (κ1) is 16.4. The summed E-state index contributed by atoms with van der Waals surface area (Å²) in [6.45, 7) is 9.24. The second-order valence-corrected chi connectivity index (χ2v) is 7.15. The number of anilines is 2. The molecule has 0 spiro atoms. The van der Waals surface area contributed by atoms with Crippen LogP contribution in [0.15, 0.2) is 18.5 Å². The molecule has 0 bridgehead atoms. The predicted octanol–water partition coefficient (Wildman–Crippen LogP) is 2.55. The first-order valence-electron chi connectivity index (χ1n) is 7.64. The maximum atomic E-state index is 12.1. The Balaban J connectivity index is 2.06. The number of nitrogen functional groups attached to an aromatic ring is 1. The van der Waals surface area contributed by atoms with Crippen molar-refractivity contribution in [2.24, 2.45) is 0 Å². The number of carbonyl (C=O) groups excluding carboxylic acids is 1. The van der Waals surface area contributed by atoms with Gasteiger partial charge in [0.1, 0.15) is 5.60 Å². The molecule has 0 radical (unpaired) electrons. The minimum atomic E-state index is -0.496. The number of nitrogens with two attached hydrogens (primary N) is 1. The van der Waals surface area contributed by atoms with Crippen LogP contribution in [0.5, 0.6) is 0 Å².